The highest BCUT2D eigenvalue weighted by Gasteiger charge is 2.68. The van der Waals surface area contributed by atoms with E-state index in [1.165, 1.54) is 25.7 Å². The normalized spacial score (nSPS) is 47.6. The topological polar surface area (TPSA) is 79.9 Å². The van der Waals surface area contributed by atoms with Crippen LogP contribution in [0, 0.1) is 46.3 Å². The van der Waals surface area contributed by atoms with Crippen molar-refractivity contribution in [3.05, 3.63) is 11.6 Å². The van der Waals surface area contributed by atoms with Crippen LogP contribution in [0.25, 0.3) is 0 Å². The molecule has 0 unspecified atom stereocenters. The van der Waals surface area contributed by atoms with Gasteiger partial charge in [0.15, 0.2) is 5.79 Å². The molecule has 0 radical (unpaired) electrons. The van der Waals surface area contributed by atoms with Crippen LogP contribution in [-0.2, 0) is 19.1 Å². The summed E-state index contributed by atoms with van der Waals surface area (Å²) in [5, 5.41) is 5.97. The first-order valence-corrected chi connectivity index (χ1v) is 16.2. The van der Waals surface area contributed by atoms with Gasteiger partial charge in [-0.1, -0.05) is 39.3 Å². The van der Waals surface area contributed by atoms with E-state index >= 15 is 0 Å². The third kappa shape index (κ3) is 4.66. The van der Waals surface area contributed by atoms with Crippen molar-refractivity contribution in [2.75, 3.05) is 27.4 Å². The molecule has 3 saturated carbocycles. The lowest BCUT2D eigenvalue weighted by atomic mass is 9.46. The summed E-state index contributed by atoms with van der Waals surface area (Å²) in [7, 11) is 3.78. The summed E-state index contributed by atoms with van der Waals surface area (Å²) in [6.07, 6.45) is 13.1. The van der Waals surface area contributed by atoms with Crippen molar-refractivity contribution in [3.8, 4) is 0 Å². The number of hydrogen-bond donors (Lipinski definition) is 2. The minimum Gasteiger partial charge on any atom is -0.353 e. The highest BCUT2D eigenvalue weighted by molar-refractivity contribution is 5.96. The fourth-order valence-electron chi connectivity index (χ4n) is 10.5. The second kappa shape index (κ2) is 10.4. The van der Waals surface area contributed by atoms with Crippen LogP contribution in [0.4, 0.5) is 0 Å². The van der Waals surface area contributed by atoms with Gasteiger partial charge >= 0.3 is 0 Å². The molecule has 6 aliphatic rings. The molecule has 1 spiro atoms. The Balaban J connectivity index is 1.11. The van der Waals surface area contributed by atoms with E-state index in [0.717, 1.165) is 50.5 Å². The summed E-state index contributed by atoms with van der Waals surface area (Å²) < 4.78 is 13.4. The molecule has 7 heteroatoms. The Morgan fingerprint density at radius 3 is 2.58 bits per heavy atom. The first-order chi connectivity index (χ1) is 18.9. The lowest BCUT2D eigenvalue weighted by Crippen LogP contribution is -2.53. The van der Waals surface area contributed by atoms with Crippen LogP contribution in [-0.4, -0.2) is 62.0 Å². The number of nitrogens with one attached hydrogen (secondary N) is 2. The zero-order chi connectivity index (χ0) is 28.4. The minimum atomic E-state index is -0.339. The molecular weight excluding hydrogens is 502 g/mol. The molecule has 5 fully saturated rings. The predicted molar refractivity (Wildman–Crippen MR) is 155 cm³/mol. The molecule has 2 aliphatic heterocycles. The Morgan fingerprint density at radius 2 is 1.85 bits per heavy atom. The lowest BCUT2D eigenvalue weighted by Gasteiger charge is -2.58. The van der Waals surface area contributed by atoms with E-state index in [-0.39, 0.29) is 35.5 Å². The molecule has 7 nitrogen and oxygen atoms in total. The van der Waals surface area contributed by atoms with Crippen LogP contribution in [0.2, 0.25) is 0 Å². The molecule has 0 bridgehead atoms. The van der Waals surface area contributed by atoms with Crippen LogP contribution in [0.5, 0.6) is 0 Å². The summed E-state index contributed by atoms with van der Waals surface area (Å²) in [5.41, 5.74) is 2.11. The largest absolute Gasteiger partial charge is 0.353 e. The number of amides is 2. The van der Waals surface area contributed by atoms with E-state index in [1.807, 2.05) is 19.0 Å². The number of nitrogens with zero attached hydrogens (tertiary/aromatic N) is 1. The summed E-state index contributed by atoms with van der Waals surface area (Å²) in [5.74, 6) is 3.15. The molecule has 0 aromatic carbocycles. The van der Waals surface area contributed by atoms with Gasteiger partial charge < -0.3 is 20.1 Å². The standard InChI is InChI=1S/C33H53N3O4/c1-20-9-14-33(39-18-20)21(2)30-27(40-33)16-26-24-8-7-22-15-23(35-29(38)17-28(37)34-19-36(5)6)10-12-31(22,3)25(24)11-13-32(26,30)4/h7,20-21,23-27,30H,8-19H2,1-6H3,(H,34,37)(H,35,38)/t20-,21+,23-,24-,25+,26+,27+,30+,31+,32+,33-/m1/s1. The van der Waals surface area contributed by atoms with Gasteiger partial charge in [0, 0.05) is 18.4 Å². The summed E-state index contributed by atoms with van der Waals surface area (Å²) in [4.78, 5) is 26.6. The summed E-state index contributed by atoms with van der Waals surface area (Å²) in [6.45, 7) is 11.1. The number of fused-ring (bicyclic) bond motifs is 7. The molecule has 2 saturated heterocycles. The summed E-state index contributed by atoms with van der Waals surface area (Å²) >= 11 is 0. The highest BCUT2D eigenvalue weighted by Crippen LogP contribution is 2.70. The van der Waals surface area contributed by atoms with E-state index < -0.39 is 0 Å². The molecular formula is C33H53N3O4. The lowest BCUT2D eigenvalue weighted by molar-refractivity contribution is -0.272. The zero-order valence-corrected chi connectivity index (χ0v) is 25.8. The molecule has 0 aromatic rings. The fourth-order valence-corrected chi connectivity index (χ4v) is 10.5. The van der Waals surface area contributed by atoms with Crippen molar-refractivity contribution >= 4 is 11.8 Å². The van der Waals surface area contributed by atoms with Crippen molar-refractivity contribution in [2.24, 2.45) is 46.3 Å². The molecule has 6 rings (SSSR count). The molecule has 2 N–H and O–H groups in total. The van der Waals surface area contributed by atoms with Gasteiger partial charge in [-0.2, -0.15) is 0 Å². The number of hydrogen-bond acceptors (Lipinski definition) is 5. The monoisotopic (exact) mass is 555 g/mol. The second-order valence-electron chi connectivity index (χ2n) is 15.3. The highest BCUT2D eigenvalue weighted by atomic mass is 16.7. The van der Waals surface area contributed by atoms with Crippen molar-refractivity contribution in [2.45, 2.75) is 110 Å². The van der Waals surface area contributed by atoms with Crippen molar-refractivity contribution in [1.82, 2.24) is 15.5 Å². The molecule has 2 heterocycles. The van der Waals surface area contributed by atoms with Gasteiger partial charge in [-0.05, 0) is 106 Å². The Morgan fingerprint density at radius 1 is 1.05 bits per heavy atom. The molecule has 224 valence electrons. The van der Waals surface area contributed by atoms with Gasteiger partial charge in [0.2, 0.25) is 11.8 Å². The molecule has 11 atom stereocenters. The first-order valence-electron chi connectivity index (χ1n) is 16.2. The number of ether oxygens (including phenoxy) is 2. The Kier molecular flexibility index (Phi) is 7.44. The molecule has 0 aromatic heterocycles. The van der Waals surface area contributed by atoms with E-state index in [0.29, 0.717) is 41.9 Å². The minimum absolute atomic E-state index is 0.0974. The van der Waals surface area contributed by atoms with Gasteiger partial charge in [0.05, 0.1) is 19.4 Å². The smallest absolute Gasteiger partial charge is 0.230 e. The number of carbonyl (C=O) groups excluding carboxylic acids is 2. The van der Waals surface area contributed by atoms with Crippen molar-refractivity contribution < 1.29 is 19.1 Å². The Bertz CT molecular complexity index is 1030. The van der Waals surface area contributed by atoms with Crippen LogP contribution in [0.1, 0.15) is 91.9 Å². The predicted octanol–water partition coefficient (Wildman–Crippen LogP) is 4.86. The first kappa shape index (κ1) is 28.7. The van der Waals surface area contributed by atoms with Crippen LogP contribution in [0.3, 0.4) is 0 Å². The van der Waals surface area contributed by atoms with Gasteiger partial charge in [-0.25, -0.2) is 0 Å². The third-order valence-electron chi connectivity index (χ3n) is 12.6. The van der Waals surface area contributed by atoms with Gasteiger partial charge in [-0.3, -0.25) is 14.5 Å². The van der Waals surface area contributed by atoms with Crippen LogP contribution >= 0.6 is 0 Å². The maximum atomic E-state index is 12.6. The Labute approximate surface area is 241 Å². The SMILES string of the molecule is C[C@@H]1CC[C@@]2(OC1)O[C@H]1C[C@H]3[C@@H]4CC=C5C[C@H](NC(=O)CC(=O)NCN(C)C)CC[C@]5(C)[C@H]4CC[C@]3(C)[C@H]1[C@@H]2C. The van der Waals surface area contributed by atoms with Crippen LogP contribution in [0.15, 0.2) is 11.6 Å². The van der Waals surface area contributed by atoms with E-state index in [1.54, 1.807) is 5.57 Å². The van der Waals surface area contributed by atoms with Gasteiger partial charge in [-0.15, -0.1) is 0 Å². The third-order valence-corrected chi connectivity index (χ3v) is 12.6. The van der Waals surface area contributed by atoms with Crippen molar-refractivity contribution in [3.63, 3.8) is 0 Å². The number of carbonyl (C=O) groups is 2. The Hall–Kier alpha value is -1.44. The number of rotatable bonds is 5. The number of allylic oxidation sites excluding steroid dienone is 1. The van der Waals surface area contributed by atoms with Crippen LogP contribution < -0.4 is 10.6 Å². The average molecular weight is 556 g/mol. The van der Waals surface area contributed by atoms with E-state index in [2.05, 4.69) is 44.4 Å². The van der Waals surface area contributed by atoms with Gasteiger partial charge in [0.1, 0.15) is 6.42 Å². The zero-order valence-electron chi connectivity index (χ0n) is 25.8. The fraction of sp³-hybridized carbons (Fsp3) is 0.879. The second-order valence-corrected chi connectivity index (χ2v) is 15.3. The van der Waals surface area contributed by atoms with E-state index in [9.17, 15) is 9.59 Å². The molecule has 2 amide bonds. The molecule has 4 aliphatic carbocycles. The van der Waals surface area contributed by atoms with Gasteiger partial charge in [0.25, 0.3) is 0 Å². The quantitative estimate of drug-likeness (QED) is 0.288. The van der Waals surface area contributed by atoms with Crippen molar-refractivity contribution in [1.29, 1.82) is 0 Å². The average Bonchev–Trinajstić information content (AvgIpc) is 3.34. The molecule has 40 heavy (non-hydrogen) atoms. The maximum absolute atomic E-state index is 12.6. The maximum Gasteiger partial charge on any atom is 0.230 e. The van der Waals surface area contributed by atoms with E-state index in [4.69, 9.17) is 9.47 Å². The summed E-state index contributed by atoms with van der Waals surface area (Å²) in [6, 6.07) is 0.133.